The van der Waals surface area contributed by atoms with E-state index in [1.165, 1.54) is 23.9 Å². The molecule has 0 fully saturated rings. The maximum Gasteiger partial charge on any atom is 0.234 e. The number of hydrogen-bond acceptors (Lipinski definition) is 2. The van der Waals surface area contributed by atoms with E-state index in [2.05, 4.69) is 5.32 Å². The minimum atomic E-state index is -0.243. The van der Waals surface area contributed by atoms with Crippen molar-refractivity contribution in [2.45, 2.75) is 12.7 Å². The zero-order valence-electron chi connectivity index (χ0n) is 11.2. The molecular weight excluding hydrogens is 273 g/mol. The lowest BCUT2D eigenvalue weighted by Gasteiger charge is -2.07. The standard InChI is InChI=1S/C16H16FNOS/c1-12-5-2-3-8-15(12)18-16(19)11-20-10-13-6-4-7-14(17)9-13/h2-9H,10-11H2,1H3,(H,18,19). The molecule has 0 bridgehead atoms. The highest BCUT2D eigenvalue weighted by molar-refractivity contribution is 7.99. The number of rotatable bonds is 5. The molecule has 0 aromatic heterocycles. The predicted molar refractivity (Wildman–Crippen MR) is 82.4 cm³/mol. The van der Waals surface area contributed by atoms with E-state index in [0.717, 1.165) is 16.8 Å². The number of benzene rings is 2. The number of thioether (sulfide) groups is 1. The summed E-state index contributed by atoms with van der Waals surface area (Å²) in [6, 6.07) is 14.1. The van der Waals surface area contributed by atoms with Crippen molar-refractivity contribution < 1.29 is 9.18 Å². The molecule has 0 saturated heterocycles. The van der Waals surface area contributed by atoms with Crippen LogP contribution in [0, 0.1) is 12.7 Å². The van der Waals surface area contributed by atoms with Crippen LogP contribution in [-0.4, -0.2) is 11.7 Å². The molecule has 1 N–H and O–H groups in total. The first kappa shape index (κ1) is 14.6. The van der Waals surface area contributed by atoms with E-state index in [1.54, 1.807) is 6.07 Å². The predicted octanol–water partition coefficient (Wildman–Crippen LogP) is 4.01. The third-order valence-corrected chi connectivity index (χ3v) is 3.81. The van der Waals surface area contributed by atoms with Gasteiger partial charge in [-0.05, 0) is 36.2 Å². The molecule has 0 aliphatic carbocycles. The fourth-order valence-corrected chi connectivity index (χ4v) is 2.56. The van der Waals surface area contributed by atoms with Gasteiger partial charge in [0.05, 0.1) is 5.75 Å². The van der Waals surface area contributed by atoms with Crippen LogP contribution in [0.25, 0.3) is 0 Å². The van der Waals surface area contributed by atoms with Gasteiger partial charge in [0.25, 0.3) is 0 Å². The summed E-state index contributed by atoms with van der Waals surface area (Å²) in [4.78, 5) is 11.8. The van der Waals surface area contributed by atoms with Gasteiger partial charge in [-0.3, -0.25) is 4.79 Å². The maximum absolute atomic E-state index is 13.0. The van der Waals surface area contributed by atoms with E-state index in [9.17, 15) is 9.18 Å². The molecule has 104 valence electrons. The highest BCUT2D eigenvalue weighted by Gasteiger charge is 2.05. The molecule has 0 atom stereocenters. The zero-order valence-corrected chi connectivity index (χ0v) is 12.0. The lowest BCUT2D eigenvalue weighted by molar-refractivity contribution is -0.113. The molecule has 20 heavy (non-hydrogen) atoms. The smallest absolute Gasteiger partial charge is 0.234 e. The van der Waals surface area contributed by atoms with Gasteiger partial charge < -0.3 is 5.32 Å². The Labute approximate surface area is 122 Å². The van der Waals surface area contributed by atoms with Crippen LogP contribution in [0.5, 0.6) is 0 Å². The molecule has 0 saturated carbocycles. The van der Waals surface area contributed by atoms with Crippen molar-refractivity contribution in [1.82, 2.24) is 0 Å². The van der Waals surface area contributed by atoms with Crippen molar-refractivity contribution in [1.29, 1.82) is 0 Å². The lowest BCUT2D eigenvalue weighted by atomic mass is 10.2. The van der Waals surface area contributed by atoms with Gasteiger partial charge in [0.1, 0.15) is 5.82 Å². The van der Waals surface area contributed by atoms with Gasteiger partial charge >= 0.3 is 0 Å². The van der Waals surface area contributed by atoms with Crippen LogP contribution in [0.1, 0.15) is 11.1 Å². The summed E-state index contributed by atoms with van der Waals surface area (Å²) in [5, 5.41) is 2.87. The van der Waals surface area contributed by atoms with E-state index in [4.69, 9.17) is 0 Å². The molecule has 0 aliphatic heterocycles. The second-order valence-electron chi connectivity index (χ2n) is 4.49. The zero-order chi connectivity index (χ0) is 14.4. The van der Waals surface area contributed by atoms with Crippen molar-refractivity contribution in [2.24, 2.45) is 0 Å². The summed E-state index contributed by atoms with van der Waals surface area (Å²) in [7, 11) is 0. The number of hydrogen-bond donors (Lipinski definition) is 1. The fraction of sp³-hybridized carbons (Fsp3) is 0.188. The Kier molecular flexibility index (Phi) is 5.18. The van der Waals surface area contributed by atoms with Gasteiger partial charge in [0, 0.05) is 11.4 Å². The van der Waals surface area contributed by atoms with Gasteiger partial charge in [-0.2, -0.15) is 0 Å². The van der Waals surface area contributed by atoms with Crippen molar-refractivity contribution in [2.75, 3.05) is 11.1 Å². The minimum Gasteiger partial charge on any atom is -0.325 e. The van der Waals surface area contributed by atoms with Gasteiger partial charge in [-0.1, -0.05) is 30.3 Å². The van der Waals surface area contributed by atoms with E-state index in [-0.39, 0.29) is 11.7 Å². The normalized spacial score (nSPS) is 10.3. The Morgan fingerprint density at radius 3 is 2.75 bits per heavy atom. The van der Waals surface area contributed by atoms with Crippen LogP contribution in [0.4, 0.5) is 10.1 Å². The lowest BCUT2D eigenvalue weighted by Crippen LogP contribution is -2.14. The Hall–Kier alpha value is -1.81. The van der Waals surface area contributed by atoms with E-state index in [0.29, 0.717) is 11.5 Å². The van der Waals surface area contributed by atoms with Gasteiger partial charge in [0.15, 0.2) is 0 Å². The maximum atomic E-state index is 13.0. The molecule has 0 heterocycles. The minimum absolute atomic E-state index is 0.0410. The highest BCUT2D eigenvalue weighted by atomic mass is 32.2. The summed E-state index contributed by atoms with van der Waals surface area (Å²) >= 11 is 1.47. The average Bonchev–Trinajstić information content (AvgIpc) is 2.41. The topological polar surface area (TPSA) is 29.1 Å². The molecule has 1 amide bonds. The monoisotopic (exact) mass is 289 g/mol. The number of aryl methyl sites for hydroxylation is 1. The fourth-order valence-electron chi connectivity index (χ4n) is 1.79. The summed E-state index contributed by atoms with van der Waals surface area (Å²) in [5.41, 5.74) is 2.76. The van der Waals surface area contributed by atoms with Gasteiger partial charge in [-0.15, -0.1) is 11.8 Å². The Morgan fingerprint density at radius 2 is 2.00 bits per heavy atom. The van der Waals surface area contributed by atoms with Crippen LogP contribution in [0.3, 0.4) is 0 Å². The molecule has 2 rings (SSSR count). The second-order valence-corrected chi connectivity index (χ2v) is 5.47. The van der Waals surface area contributed by atoms with E-state index in [1.807, 2.05) is 37.3 Å². The highest BCUT2D eigenvalue weighted by Crippen LogP contribution is 2.16. The van der Waals surface area contributed by atoms with Gasteiger partial charge in [-0.25, -0.2) is 4.39 Å². The molecule has 0 aliphatic rings. The summed E-state index contributed by atoms with van der Waals surface area (Å²) in [6.07, 6.45) is 0. The van der Waals surface area contributed by atoms with Gasteiger partial charge in [0.2, 0.25) is 5.91 Å². The summed E-state index contributed by atoms with van der Waals surface area (Å²) < 4.78 is 13.0. The van der Waals surface area contributed by atoms with Crippen molar-refractivity contribution in [3.8, 4) is 0 Å². The number of nitrogens with one attached hydrogen (secondary N) is 1. The van der Waals surface area contributed by atoms with Crippen LogP contribution < -0.4 is 5.32 Å². The number of halogens is 1. The van der Waals surface area contributed by atoms with Crippen LogP contribution in [-0.2, 0) is 10.5 Å². The van der Waals surface area contributed by atoms with E-state index >= 15 is 0 Å². The van der Waals surface area contributed by atoms with E-state index < -0.39 is 0 Å². The first-order chi connectivity index (χ1) is 9.65. The third kappa shape index (κ3) is 4.38. The molecular formula is C16H16FNOS. The second kappa shape index (κ2) is 7.10. The van der Waals surface area contributed by atoms with Crippen molar-refractivity contribution in [3.05, 3.63) is 65.5 Å². The number of para-hydroxylation sites is 1. The molecule has 4 heteroatoms. The summed E-state index contributed by atoms with van der Waals surface area (Å²) in [6.45, 7) is 1.95. The molecule has 2 aromatic carbocycles. The van der Waals surface area contributed by atoms with Crippen LogP contribution >= 0.6 is 11.8 Å². The Morgan fingerprint density at radius 1 is 1.20 bits per heavy atom. The van der Waals surface area contributed by atoms with Crippen LogP contribution in [0.15, 0.2) is 48.5 Å². The molecule has 2 aromatic rings. The van der Waals surface area contributed by atoms with Crippen LogP contribution in [0.2, 0.25) is 0 Å². The average molecular weight is 289 g/mol. The third-order valence-electron chi connectivity index (χ3n) is 2.81. The molecule has 0 spiro atoms. The quantitative estimate of drug-likeness (QED) is 0.901. The first-order valence-electron chi connectivity index (χ1n) is 6.33. The number of anilines is 1. The molecule has 0 unspecified atom stereocenters. The van der Waals surface area contributed by atoms with Crippen molar-refractivity contribution in [3.63, 3.8) is 0 Å². The van der Waals surface area contributed by atoms with Crippen molar-refractivity contribution >= 4 is 23.4 Å². The molecule has 2 nitrogen and oxygen atoms in total. The summed E-state index contributed by atoms with van der Waals surface area (Å²) in [5.74, 6) is 0.692. The number of amides is 1. The Balaban J connectivity index is 1.80. The number of carbonyl (C=O) groups is 1. The first-order valence-corrected chi connectivity index (χ1v) is 7.48. The molecule has 0 radical (unpaired) electrons. The Bertz CT molecular complexity index is 601. The largest absolute Gasteiger partial charge is 0.325 e. The number of carbonyl (C=O) groups excluding carboxylic acids is 1. The SMILES string of the molecule is Cc1ccccc1NC(=O)CSCc1cccc(F)c1.